The topological polar surface area (TPSA) is 26.3 Å². The van der Waals surface area contributed by atoms with Crippen molar-refractivity contribution in [2.45, 2.75) is 13.3 Å². The van der Waals surface area contributed by atoms with Crippen LogP contribution >= 0.6 is 0 Å². The van der Waals surface area contributed by atoms with Gasteiger partial charge in [0, 0.05) is 6.61 Å². The predicted molar refractivity (Wildman–Crippen MR) is 26.8 cm³/mol. The molecule has 2 heteroatoms. The number of rotatable bonds is 4. The van der Waals surface area contributed by atoms with Gasteiger partial charge in [-0.2, -0.15) is 0 Å². The molecule has 0 atom stereocenters. The van der Waals surface area contributed by atoms with E-state index in [0.717, 1.165) is 6.42 Å². The number of hydrogen-bond donors (Lipinski definition) is 0. The van der Waals surface area contributed by atoms with E-state index in [0.29, 0.717) is 6.61 Å². The first-order valence-electron chi connectivity index (χ1n) is 2.34. The summed E-state index contributed by atoms with van der Waals surface area (Å²) in [7, 11) is 0. The number of ether oxygens (including phenoxy) is 1. The predicted octanol–water partition coefficient (Wildman–Crippen LogP) is 0.523. The van der Waals surface area contributed by atoms with Crippen molar-refractivity contribution in [3.8, 4) is 0 Å². The summed E-state index contributed by atoms with van der Waals surface area (Å²) in [4.78, 5) is 9.43. The summed E-state index contributed by atoms with van der Waals surface area (Å²) in [5.41, 5.74) is 0. The zero-order chi connectivity index (χ0) is 5.54. The molecule has 0 N–H and O–H groups in total. The Bertz CT molecular complexity index is 43.3. The summed E-state index contributed by atoms with van der Waals surface area (Å²) in [5, 5.41) is 0. The lowest BCUT2D eigenvalue weighted by molar-refractivity contribution is 0.170. The van der Waals surface area contributed by atoms with Crippen LogP contribution in [-0.4, -0.2) is 19.5 Å². The van der Waals surface area contributed by atoms with Crippen LogP contribution in [0.15, 0.2) is 0 Å². The van der Waals surface area contributed by atoms with Crippen LogP contribution in [0.5, 0.6) is 0 Å². The molecule has 0 aromatic heterocycles. The van der Waals surface area contributed by atoms with E-state index in [2.05, 4.69) is 0 Å². The number of carbonyl (C=O) groups excluding carboxylic acids is 1. The molecule has 0 aliphatic rings. The first-order chi connectivity index (χ1) is 3.41. The maximum Gasteiger partial charge on any atom is 0.226 e. The fourth-order valence-corrected chi connectivity index (χ4v) is 0.258. The molecule has 0 saturated carbocycles. The highest BCUT2D eigenvalue weighted by molar-refractivity contribution is 5.51. The van der Waals surface area contributed by atoms with Crippen LogP contribution in [0.1, 0.15) is 13.3 Å². The maximum absolute atomic E-state index is 9.43. The molecule has 0 aliphatic carbocycles. The highest BCUT2D eigenvalue weighted by atomic mass is 16.5. The van der Waals surface area contributed by atoms with Gasteiger partial charge >= 0.3 is 0 Å². The monoisotopic (exact) mass is 101 g/mol. The molecule has 0 heterocycles. The average Bonchev–Trinajstić information content (AvgIpc) is 1.69. The summed E-state index contributed by atoms with van der Waals surface area (Å²) in [6.45, 7) is 2.77. The smallest absolute Gasteiger partial charge is 0.226 e. The molecule has 0 unspecified atom stereocenters. The van der Waals surface area contributed by atoms with Gasteiger partial charge < -0.3 is 4.74 Å². The third kappa shape index (κ3) is 5.63. The second-order valence-corrected chi connectivity index (χ2v) is 1.20. The average molecular weight is 101 g/mol. The van der Waals surface area contributed by atoms with Crippen molar-refractivity contribution in [2.24, 2.45) is 0 Å². The first-order valence-corrected chi connectivity index (χ1v) is 2.34. The Labute approximate surface area is 43.5 Å². The van der Waals surface area contributed by atoms with Crippen molar-refractivity contribution in [2.75, 3.05) is 13.2 Å². The van der Waals surface area contributed by atoms with Gasteiger partial charge in [0.1, 0.15) is 6.61 Å². The fourth-order valence-electron chi connectivity index (χ4n) is 0.258. The fraction of sp³-hybridized carbons (Fsp3) is 0.800. The molecular weight excluding hydrogens is 92.1 g/mol. The Hall–Kier alpha value is -0.370. The maximum atomic E-state index is 9.43. The molecule has 0 saturated heterocycles. The minimum Gasteiger partial charge on any atom is -0.373 e. The quantitative estimate of drug-likeness (QED) is 0.482. The molecule has 0 amide bonds. The Morgan fingerprint density at radius 2 is 2.43 bits per heavy atom. The molecule has 1 radical (unpaired) electrons. The third-order valence-corrected chi connectivity index (χ3v) is 0.509. The van der Waals surface area contributed by atoms with Crippen molar-refractivity contribution in [3.05, 3.63) is 0 Å². The standard InChI is InChI=1S/C5H9O2/c1-2-4-7-5-3-6/h2,4-5H2,1H3. The highest BCUT2D eigenvalue weighted by Gasteiger charge is 1.79. The Kier molecular flexibility index (Phi) is 5.33. The highest BCUT2D eigenvalue weighted by Crippen LogP contribution is 1.75. The molecule has 0 spiro atoms. The van der Waals surface area contributed by atoms with Crippen molar-refractivity contribution < 1.29 is 9.53 Å². The van der Waals surface area contributed by atoms with Gasteiger partial charge in [-0.1, -0.05) is 6.92 Å². The van der Waals surface area contributed by atoms with Gasteiger partial charge in [-0.05, 0) is 6.42 Å². The van der Waals surface area contributed by atoms with Crippen LogP contribution in [0.4, 0.5) is 0 Å². The second-order valence-electron chi connectivity index (χ2n) is 1.20. The lowest BCUT2D eigenvalue weighted by atomic mass is 10.5. The third-order valence-electron chi connectivity index (χ3n) is 0.509. The molecule has 0 aromatic carbocycles. The van der Waals surface area contributed by atoms with Gasteiger partial charge in [-0.25, -0.2) is 0 Å². The second kappa shape index (κ2) is 5.63. The Morgan fingerprint density at radius 3 is 2.86 bits per heavy atom. The van der Waals surface area contributed by atoms with E-state index >= 15 is 0 Å². The molecule has 7 heavy (non-hydrogen) atoms. The summed E-state index contributed by atoms with van der Waals surface area (Å²) < 4.78 is 4.71. The minimum absolute atomic E-state index is 0.119. The van der Waals surface area contributed by atoms with E-state index in [-0.39, 0.29) is 6.61 Å². The Morgan fingerprint density at radius 1 is 1.71 bits per heavy atom. The summed E-state index contributed by atoms with van der Waals surface area (Å²) in [5.74, 6) is 0. The minimum atomic E-state index is 0.119. The van der Waals surface area contributed by atoms with E-state index < -0.39 is 0 Å². The SMILES string of the molecule is CCCOC[C]=O. The van der Waals surface area contributed by atoms with Crippen LogP contribution in [-0.2, 0) is 9.53 Å². The van der Waals surface area contributed by atoms with Gasteiger partial charge in [-0.15, -0.1) is 0 Å². The van der Waals surface area contributed by atoms with E-state index in [9.17, 15) is 4.79 Å². The first kappa shape index (κ1) is 6.63. The van der Waals surface area contributed by atoms with Gasteiger partial charge in [-0.3, -0.25) is 4.79 Å². The molecule has 0 aromatic rings. The molecule has 0 fully saturated rings. The van der Waals surface area contributed by atoms with Gasteiger partial charge in [0.15, 0.2) is 0 Å². The molecule has 0 rings (SSSR count). The summed E-state index contributed by atoms with van der Waals surface area (Å²) in [6, 6.07) is 0. The summed E-state index contributed by atoms with van der Waals surface area (Å²) in [6.07, 6.45) is 2.59. The van der Waals surface area contributed by atoms with Crippen LogP contribution in [0.3, 0.4) is 0 Å². The van der Waals surface area contributed by atoms with E-state index in [4.69, 9.17) is 4.74 Å². The van der Waals surface area contributed by atoms with E-state index in [1.54, 1.807) is 6.29 Å². The molecule has 41 valence electrons. The van der Waals surface area contributed by atoms with Crippen LogP contribution in [0.25, 0.3) is 0 Å². The number of hydrogen-bond acceptors (Lipinski definition) is 2. The van der Waals surface area contributed by atoms with Crippen molar-refractivity contribution in [1.82, 2.24) is 0 Å². The lowest BCUT2D eigenvalue weighted by Gasteiger charge is -1.90. The lowest BCUT2D eigenvalue weighted by Crippen LogP contribution is -1.94. The summed E-state index contributed by atoms with van der Waals surface area (Å²) >= 11 is 0. The van der Waals surface area contributed by atoms with E-state index in [1.165, 1.54) is 0 Å². The molecule has 0 bridgehead atoms. The van der Waals surface area contributed by atoms with Crippen molar-refractivity contribution in [3.63, 3.8) is 0 Å². The molecule has 0 aliphatic heterocycles. The van der Waals surface area contributed by atoms with Gasteiger partial charge in [0.05, 0.1) is 0 Å². The van der Waals surface area contributed by atoms with Crippen molar-refractivity contribution >= 4 is 6.29 Å². The van der Waals surface area contributed by atoms with Crippen LogP contribution in [0.2, 0.25) is 0 Å². The van der Waals surface area contributed by atoms with Crippen molar-refractivity contribution in [1.29, 1.82) is 0 Å². The van der Waals surface area contributed by atoms with Gasteiger partial charge in [0.2, 0.25) is 6.29 Å². The van der Waals surface area contributed by atoms with E-state index in [1.807, 2.05) is 6.92 Å². The largest absolute Gasteiger partial charge is 0.373 e. The molecule has 2 nitrogen and oxygen atoms in total. The van der Waals surface area contributed by atoms with Gasteiger partial charge in [0.25, 0.3) is 0 Å². The molecular formula is C5H9O2. The normalized spacial score (nSPS) is 8.71. The zero-order valence-electron chi connectivity index (χ0n) is 4.44. The Balaban J connectivity index is 2.56. The zero-order valence-corrected chi connectivity index (χ0v) is 4.44. The van der Waals surface area contributed by atoms with Crippen LogP contribution < -0.4 is 0 Å². The van der Waals surface area contributed by atoms with Crippen LogP contribution in [0, 0.1) is 0 Å².